The van der Waals surface area contributed by atoms with Crippen LogP contribution in [0.4, 0.5) is 17.6 Å². The summed E-state index contributed by atoms with van der Waals surface area (Å²) in [7, 11) is 1.32. The summed E-state index contributed by atoms with van der Waals surface area (Å²) < 4.78 is 85.8. The normalized spacial score (nSPS) is 20.4. The average Bonchev–Trinajstić information content (AvgIpc) is 3.60. The molecule has 0 aromatic heterocycles. The van der Waals surface area contributed by atoms with Crippen LogP contribution in [0.25, 0.3) is 11.1 Å². The fourth-order valence-corrected chi connectivity index (χ4v) is 6.20. The molecule has 1 saturated heterocycles. The largest absolute Gasteiger partial charge is 0.492 e. The van der Waals surface area contributed by atoms with Gasteiger partial charge in [-0.25, -0.2) is 4.39 Å². The Labute approximate surface area is 251 Å². The lowest BCUT2D eigenvalue weighted by molar-refractivity contribution is -0.141. The number of fused-ring (bicyclic) bond motifs is 2. The summed E-state index contributed by atoms with van der Waals surface area (Å²) in [5.74, 6) is -0.172. The fourth-order valence-electron chi connectivity index (χ4n) is 6.20. The van der Waals surface area contributed by atoms with E-state index in [2.05, 4.69) is 0 Å². The first-order valence-electron chi connectivity index (χ1n) is 14.5. The molecule has 0 amide bonds. The second kappa shape index (κ2) is 11.9. The Kier molecular flexibility index (Phi) is 8.19. The van der Waals surface area contributed by atoms with E-state index in [9.17, 15) is 23.1 Å². The third-order valence-electron chi connectivity index (χ3n) is 8.57. The highest BCUT2D eigenvalue weighted by molar-refractivity contribution is 5.75. The zero-order valence-corrected chi connectivity index (χ0v) is 24.0. The van der Waals surface area contributed by atoms with Gasteiger partial charge in [-0.15, -0.1) is 0 Å². The highest BCUT2D eigenvalue weighted by atomic mass is 19.4. The third-order valence-corrected chi connectivity index (χ3v) is 8.57. The van der Waals surface area contributed by atoms with Crippen molar-refractivity contribution in [3.8, 4) is 28.4 Å². The van der Waals surface area contributed by atoms with Gasteiger partial charge in [0.15, 0.2) is 0 Å². The summed E-state index contributed by atoms with van der Waals surface area (Å²) in [5, 5.41) is 10.7. The van der Waals surface area contributed by atoms with Gasteiger partial charge in [0, 0.05) is 49.2 Å². The molecule has 0 bridgehead atoms. The fraction of sp³-hybridized carbons (Fsp3) is 0.424. The van der Waals surface area contributed by atoms with Gasteiger partial charge in [0.05, 0.1) is 25.7 Å². The Morgan fingerprint density at radius 3 is 2.50 bits per heavy atom. The lowest BCUT2D eigenvalue weighted by Gasteiger charge is -2.31. The maximum absolute atomic E-state index is 15.4. The van der Waals surface area contributed by atoms with Crippen LogP contribution in [0.1, 0.15) is 60.0 Å². The molecule has 0 radical (unpaired) electrons. The first-order chi connectivity index (χ1) is 21.0. The molecule has 2 heterocycles. The number of alkyl halides is 3. The number of carbonyl (C=O) groups is 1. The number of aliphatic hydroxyl groups is 1. The van der Waals surface area contributed by atoms with E-state index >= 15 is 4.39 Å². The van der Waals surface area contributed by atoms with Crippen molar-refractivity contribution >= 4 is 5.97 Å². The van der Waals surface area contributed by atoms with Gasteiger partial charge in [-0.05, 0) is 53.8 Å². The minimum Gasteiger partial charge on any atom is -0.492 e. The van der Waals surface area contributed by atoms with Crippen LogP contribution in [0.3, 0.4) is 0 Å². The molecular formula is C33H32F4O7. The molecule has 3 aliphatic rings. The van der Waals surface area contributed by atoms with Crippen molar-refractivity contribution in [1.82, 2.24) is 0 Å². The van der Waals surface area contributed by atoms with Crippen LogP contribution < -0.4 is 14.2 Å². The Morgan fingerprint density at radius 1 is 1.07 bits per heavy atom. The molecule has 2 atom stereocenters. The molecule has 2 aliphatic heterocycles. The van der Waals surface area contributed by atoms with E-state index in [1.807, 2.05) is 0 Å². The van der Waals surface area contributed by atoms with Gasteiger partial charge in [-0.1, -0.05) is 18.2 Å². The number of halogens is 4. The van der Waals surface area contributed by atoms with Crippen LogP contribution in [0.15, 0.2) is 48.5 Å². The van der Waals surface area contributed by atoms with Crippen molar-refractivity contribution in [3.05, 3.63) is 76.6 Å². The molecule has 0 spiro atoms. The van der Waals surface area contributed by atoms with E-state index in [1.165, 1.54) is 19.2 Å². The van der Waals surface area contributed by atoms with Gasteiger partial charge < -0.3 is 28.8 Å². The van der Waals surface area contributed by atoms with Gasteiger partial charge in [0.1, 0.15) is 41.4 Å². The smallest absolute Gasteiger partial charge is 0.417 e. The number of ether oxygens (including phenoxy) is 5. The average molecular weight is 617 g/mol. The maximum Gasteiger partial charge on any atom is 0.417 e. The second-order valence-electron chi connectivity index (χ2n) is 11.5. The van der Waals surface area contributed by atoms with Crippen molar-refractivity contribution in [2.24, 2.45) is 0 Å². The summed E-state index contributed by atoms with van der Waals surface area (Å²) >= 11 is 0. The molecule has 7 nitrogen and oxygen atoms in total. The van der Waals surface area contributed by atoms with Gasteiger partial charge in [-0.3, -0.25) is 4.79 Å². The standard InChI is InChI=1S/C33H32F4O7/c1-40-29(38)14-20-17-42-28-15-22(6-7-23(20)28)44-27-9-8-24-30(25(33(35,36)37)16-26(34)31(24)27)19-2-4-21(5-3-19)43-18-32(39)10-12-41-13-11-32/h2-7,15-16,20,27,39H,8-14,17-18H2,1H3/t20?,27-/m1/s1. The summed E-state index contributed by atoms with van der Waals surface area (Å²) in [4.78, 5) is 11.7. The molecule has 44 heavy (non-hydrogen) atoms. The van der Waals surface area contributed by atoms with Gasteiger partial charge in [0.25, 0.3) is 0 Å². The molecule has 3 aromatic rings. The predicted molar refractivity (Wildman–Crippen MR) is 150 cm³/mol. The predicted octanol–water partition coefficient (Wildman–Crippen LogP) is 6.54. The number of esters is 1. The van der Waals surface area contributed by atoms with Gasteiger partial charge in [0.2, 0.25) is 0 Å². The van der Waals surface area contributed by atoms with Crippen LogP contribution in [-0.2, 0) is 26.9 Å². The molecular weight excluding hydrogens is 584 g/mol. The van der Waals surface area contributed by atoms with Crippen molar-refractivity contribution in [2.45, 2.75) is 55.9 Å². The molecule has 1 aliphatic carbocycles. The minimum atomic E-state index is -4.79. The maximum atomic E-state index is 15.4. The van der Waals surface area contributed by atoms with E-state index in [4.69, 9.17) is 23.7 Å². The van der Waals surface area contributed by atoms with Gasteiger partial charge >= 0.3 is 12.1 Å². The summed E-state index contributed by atoms with van der Waals surface area (Å²) in [6, 6.07) is 11.8. The number of benzene rings is 3. The first kappa shape index (κ1) is 30.2. The van der Waals surface area contributed by atoms with E-state index in [1.54, 1.807) is 30.3 Å². The van der Waals surface area contributed by atoms with E-state index in [-0.39, 0.29) is 60.0 Å². The van der Waals surface area contributed by atoms with Crippen molar-refractivity contribution in [2.75, 3.05) is 33.5 Å². The van der Waals surface area contributed by atoms with Gasteiger partial charge in [-0.2, -0.15) is 13.2 Å². The molecule has 1 fully saturated rings. The first-order valence-corrected chi connectivity index (χ1v) is 14.5. The summed E-state index contributed by atoms with van der Waals surface area (Å²) in [6.45, 7) is 1.19. The van der Waals surface area contributed by atoms with Crippen molar-refractivity contribution in [3.63, 3.8) is 0 Å². The van der Waals surface area contributed by atoms with Crippen LogP contribution in [0.2, 0.25) is 0 Å². The summed E-state index contributed by atoms with van der Waals surface area (Å²) in [5.41, 5.74) is -0.716. The zero-order chi connectivity index (χ0) is 31.1. The number of rotatable bonds is 8. The molecule has 1 N–H and O–H groups in total. The van der Waals surface area contributed by atoms with Crippen molar-refractivity contribution < 1.29 is 51.1 Å². The highest BCUT2D eigenvalue weighted by Gasteiger charge is 2.40. The lowest BCUT2D eigenvalue weighted by atomic mass is 9.91. The van der Waals surface area contributed by atoms with E-state index in [0.717, 1.165) is 5.56 Å². The quantitative estimate of drug-likeness (QED) is 0.227. The molecule has 3 aromatic carbocycles. The Morgan fingerprint density at radius 2 is 1.80 bits per heavy atom. The Balaban J connectivity index is 1.26. The van der Waals surface area contributed by atoms with Crippen LogP contribution >= 0.6 is 0 Å². The van der Waals surface area contributed by atoms with Crippen LogP contribution in [-0.4, -0.2) is 50.2 Å². The SMILES string of the molecule is COC(=O)CC1COc2cc(O[C@@H]3CCc4c(-c5ccc(OCC6(O)CCOCC6)cc5)c(C(F)(F)F)cc(F)c43)ccc21. The molecule has 11 heteroatoms. The van der Waals surface area contributed by atoms with E-state index < -0.39 is 29.3 Å². The summed E-state index contributed by atoms with van der Waals surface area (Å²) in [6.07, 6.45) is -4.10. The monoisotopic (exact) mass is 616 g/mol. The molecule has 234 valence electrons. The third kappa shape index (κ3) is 6.08. The second-order valence-corrected chi connectivity index (χ2v) is 11.5. The number of methoxy groups -OCH3 is 1. The Hall–Kier alpha value is -3.83. The number of carbonyl (C=O) groups excluding carboxylic acids is 1. The van der Waals surface area contributed by atoms with Crippen molar-refractivity contribution in [1.29, 1.82) is 0 Å². The highest BCUT2D eigenvalue weighted by Crippen LogP contribution is 2.48. The van der Waals surface area contributed by atoms with Crippen LogP contribution in [0.5, 0.6) is 17.2 Å². The van der Waals surface area contributed by atoms with Crippen LogP contribution in [0, 0.1) is 5.82 Å². The zero-order valence-electron chi connectivity index (χ0n) is 24.0. The molecule has 6 rings (SSSR count). The lowest BCUT2D eigenvalue weighted by Crippen LogP contribution is -2.41. The Bertz CT molecular complexity index is 1530. The number of hydrogen-bond acceptors (Lipinski definition) is 7. The minimum absolute atomic E-state index is 0.0359. The molecule has 0 saturated carbocycles. The topological polar surface area (TPSA) is 83.5 Å². The number of hydrogen-bond donors (Lipinski definition) is 1. The molecule has 1 unspecified atom stereocenters. The van der Waals surface area contributed by atoms with E-state index in [0.29, 0.717) is 56.0 Å².